The first-order valence-corrected chi connectivity index (χ1v) is 11.4. The Morgan fingerprint density at radius 3 is 2.79 bits per heavy atom. The lowest BCUT2D eigenvalue weighted by atomic mass is 9.86. The van der Waals surface area contributed by atoms with Crippen LogP contribution in [-0.4, -0.2) is 35.7 Å². The molecule has 1 aliphatic rings. The third kappa shape index (κ3) is 3.92. The molecule has 170 valence electrons. The zero-order chi connectivity index (χ0) is 23.8. The first kappa shape index (κ1) is 21.8. The summed E-state index contributed by atoms with van der Waals surface area (Å²) < 4.78 is 1.69. The van der Waals surface area contributed by atoms with Crippen LogP contribution in [0.5, 0.6) is 0 Å². The van der Waals surface area contributed by atoms with Gasteiger partial charge in [0.05, 0.1) is 26.6 Å². The van der Waals surface area contributed by atoms with Gasteiger partial charge in [0.15, 0.2) is 5.16 Å². The van der Waals surface area contributed by atoms with Gasteiger partial charge in [0.25, 0.3) is 5.69 Å². The average Bonchev–Trinajstić information content (AvgIpc) is 3.22. The van der Waals surface area contributed by atoms with Gasteiger partial charge in [0.1, 0.15) is 6.33 Å². The summed E-state index contributed by atoms with van der Waals surface area (Å²) in [4.78, 5) is 28.8. The van der Waals surface area contributed by atoms with E-state index in [0.29, 0.717) is 50.6 Å². The maximum Gasteiger partial charge on any atom is 0.336 e. The number of nitro benzene ring substituents is 1. The lowest BCUT2D eigenvalue weighted by Crippen LogP contribution is -2.13. The lowest BCUT2D eigenvalue weighted by Gasteiger charge is -2.21. The summed E-state index contributed by atoms with van der Waals surface area (Å²) in [5, 5.41) is 30.7. The van der Waals surface area contributed by atoms with E-state index in [0.717, 1.165) is 12.0 Å². The molecule has 0 bridgehead atoms. The standard InChI is InChI=1S/C24H19N5O4S/c1-28-13-25-27-24(28)34-20-10-9-14(12-19(20)29(32)33)11-15-5-4-7-17-21(23(30)31)16-6-2-3-8-18(16)26-22(15)17/h2-3,6,8-13H,4-5,7H2,1H3,(H,30,31). The number of aryl methyl sites for hydroxylation is 1. The Balaban J connectivity index is 1.60. The summed E-state index contributed by atoms with van der Waals surface area (Å²) in [7, 11) is 1.77. The van der Waals surface area contributed by atoms with E-state index in [1.165, 1.54) is 24.2 Å². The van der Waals surface area contributed by atoms with Gasteiger partial charge in [-0.2, -0.15) is 0 Å². The number of carbonyl (C=O) groups is 1. The molecular formula is C24H19N5O4S. The number of hydrogen-bond acceptors (Lipinski definition) is 7. The smallest absolute Gasteiger partial charge is 0.336 e. The number of nitro groups is 1. The van der Waals surface area contributed by atoms with E-state index in [2.05, 4.69) is 10.2 Å². The summed E-state index contributed by atoms with van der Waals surface area (Å²) in [5.41, 5.74) is 3.77. The SMILES string of the molecule is Cn1cnnc1Sc1ccc(C=C2CCCc3c2nc2ccccc2c3C(=O)O)cc1[N+](=O)[O-]. The molecule has 0 amide bonds. The van der Waals surface area contributed by atoms with Crippen molar-refractivity contribution in [2.24, 2.45) is 7.05 Å². The van der Waals surface area contributed by atoms with Gasteiger partial charge < -0.3 is 9.67 Å². The van der Waals surface area contributed by atoms with Crippen LogP contribution in [0.25, 0.3) is 22.6 Å². The molecule has 1 N–H and O–H groups in total. The van der Waals surface area contributed by atoms with Crippen molar-refractivity contribution in [1.82, 2.24) is 19.7 Å². The summed E-state index contributed by atoms with van der Waals surface area (Å²) in [6.45, 7) is 0. The van der Waals surface area contributed by atoms with Crippen LogP contribution in [0.15, 0.2) is 58.8 Å². The molecule has 0 spiro atoms. The number of aromatic carboxylic acids is 1. The van der Waals surface area contributed by atoms with Crippen molar-refractivity contribution in [2.75, 3.05) is 0 Å². The largest absolute Gasteiger partial charge is 0.478 e. The lowest BCUT2D eigenvalue weighted by molar-refractivity contribution is -0.387. The molecule has 0 atom stereocenters. The molecule has 1 aliphatic carbocycles. The molecular weight excluding hydrogens is 454 g/mol. The number of nitrogens with zero attached hydrogens (tertiary/aromatic N) is 5. The molecule has 0 saturated carbocycles. The summed E-state index contributed by atoms with van der Waals surface area (Å²) >= 11 is 1.18. The minimum absolute atomic E-state index is 0.0314. The Bertz CT molecular complexity index is 1490. The van der Waals surface area contributed by atoms with Gasteiger partial charge in [-0.15, -0.1) is 10.2 Å². The molecule has 34 heavy (non-hydrogen) atoms. The van der Waals surface area contributed by atoms with Crippen LogP contribution in [0, 0.1) is 10.1 Å². The van der Waals surface area contributed by atoms with E-state index >= 15 is 0 Å². The molecule has 10 heteroatoms. The Kier molecular flexibility index (Phi) is 5.58. The molecule has 9 nitrogen and oxygen atoms in total. The molecule has 0 unspecified atom stereocenters. The highest BCUT2D eigenvalue weighted by Gasteiger charge is 2.25. The zero-order valence-corrected chi connectivity index (χ0v) is 19.0. The highest BCUT2D eigenvalue weighted by molar-refractivity contribution is 7.99. The van der Waals surface area contributed by atoms with Gasteiger partial charge in [-0.25, -0.2) is 9.78 Å². The summed E-state index contributed by atoms with van der Waals surface area (Å²) in [6, 6.07) is 12.3. The number of fused-ring (bicyclic) bond motifs is 2. The van der Waals surface area contributed by atoms with Crippen LogP contribution in [0.1, 0.15) is 40.0 Å². The monoisotopic (exact) mass is 473 g/mol. The van der Waals surface area contributed by atoms with Gasteiger partial charge in [-0.3, -0.25) is 10.1 Å². The van der Waals surface area contributed by atoms with Gasteiger partial charge in [0.2, 0.25) is 0 Å². The van der Waals surface area contributed by atoms with Crippen molar-refractivity contribution in [1.29, 1.82) is 0 Å². The third-order valence-corrected chi connectivity index (χ3v) is 6.89. The van der Waals surface area contributed by atoms with E-state index < -0.39 is 10.9 Å². The van der Waals surface area contributed by atoms with Crippen molar-refractivity contribution >= 4 is 46.0 Å². The van der Waals surface area contributed by atoms with Crippen molar-refractivity contribution in [3.05, 3.63) is 81.3 Å². The number of allylic oxidation sites excluding steroid dienone is 1. The number of aromatic nitrogens is 4. The second-order valence-electron chi connectivity index (χ2n) is 7.97. The van der Waals surface area contributed by atoms with Crippen LogP contribution in [-0.2, 0) is 13.5 Å². The van der Waals surface area contributed by atoms with E-state index in [1.54, 1.807) is 29.8 Å². The normalized spacial score (nSPS) is 14.3. The Morgan fingerprint density at radius 1 is 1.24 bits per heavy atom. The van der Waals surface area contributed by atoms with E-state index in [-0.39, 0.29) is 11.3 Å². The van der Waals surface area contributed by atoms with Crippen molar-refractivity contribution in [3.8, 4) is 0 Å². The van der Waals surface area contributed by atoms with Gasteiger partial charge in [-0.05, 0) is 65.9 Å². The average molecular weight is 474 g/mol. The zero-order valence-electron chi connectivity index (χ0n) is 18.1. The first-order chi connectivity index (χ1) is 16.4. The summed E-state index contributed by atoms with van der Waals surface area (Å²) in [6.07, 6.45) is 5.52. The maximum absolute atomic E-state index is 12.1. The fourth-order valence-electron chi connectivity index (χ4n) is 4.24. The first-order valence-electron chi connectivity index (χ1n) is 10.6. The molecule has 4 aromatic rings. The molecule has 2 aromatic heterocycles. The molecule has 2 heterocycles. The van der Waals surface area contributed by atoms with Gasteiger partial charge in [0, 0.05) is 18.5 Å². The Hall–Kier alpha value is -4.05. The second-order valence-corrected chi connectivity index (χ2v) is 8.98. The Labute approximate surface area is 198 Å². The number of benzene rings is 2. The van der Waals surface area contributed by atoms with Crippen LogP contribution in [0.4, 0.5) is 5.69 Å². The molecule has 0 fully saturated rings. The van der Waals surface area contributed by atoms with Crippen LogP contribution < -0.4 is 0 Å². The molecule has 0 saturated heterocycles. The number of hydrogen-bond donors (Lipinski definition) is 1. The maximum atomic E-state index is 12.1. The van der Waals surface area contributed by atoms with Crippen LogP contribution in [0.3, 0.4) is 0 Å². The third-order valence-electron chi connectivity index (χ3n) is 5.78. The second kappa shape index (κ2) is 8.71. The van der Waals surface area contributed by atoms with Gasteiger partial charge >= 0.3 is 5.97 Å². The predicted octanol–water partition coefficient (Wildman–Crippen LogP) is 5.00. The van der Waals surface area contributed by atoms with Gasteiger partial charge in [-0.1, -0.05) is 24.3 Å². The minimum Gasteiger partial charge on any atom is -0.478 e. The fraction of sp³-hybridized carbons (Fsp3) is 0.167. The molecule has 0 radical (unpaired) electrons. The molecule has 5 rings (SSSR count). The number of carboxylic acids is 1. The Morgan fingerprint density at radius 2 is 2.06 bits per heavy atom. The van der Waals surface area contributed by atoms with E-state index in [9.17, 15) is 20.0 Å². The van der Waals surface area contributed by atoms with Crippen molar-refractivity contribution < 1.29 is 14.8 Å². The number of rotatable bonds is 5. The quantitative estimate of drug-likeness (QED) is 0.317. The van der Waals surface area contributed by atoms with Crippen LogP contribution in [0.2, 0.25) is 0 Å². The predicted molar refractivity (Wildman–Crippen MR) is 128 cm³/mol. The van der Waals surface area contributed by atoms with E-state index in [4.69, 9.17) is 4.98 Å². The van der Waals surface area contributed by atoms with E-state index in [1.807, 2.05) is 24.3 Å². The fourth-order valence-corrected chi connectivity index (χ4v) is 5.09. The highest BCUT2D eigenvalue weighted by Crippen LogP contribution is 2.38. The molecule has 2 aromatic carbocycles. The molecule has 0 aliphatic heterocycles. The topological polar surface area (TPSA) is 124 Å². The highest BCUT2D eigenvalue weighted by atomic mass is 32.2. The summed E-state index contributed by atoms with van der Waals surface area (Å²) in [5.74, 6) is -0.975. The van der Waals surface area contributed by atoms with Crippen molar-refractivity contribution in [2.45, 2.75) is 29.3 Å². The number of carboxylic acid groups (broad SMARTS) is 1. The van der Waals surface area contributed by atoms with Crippen LogP contribution >= 0.6 is 11.8 Å². The number of pyridine rings is 1. The van der Waals surface area contributed by atoms with Crippen molar-refractivity contribution in [3.63, 3.8) is 0 Å². The minimum atomic E-state index is -0.975. The number of para-hydroxylation sites is 1.